The Hall–Kier alpha value is -2.38. The van der Waals surface area contributed by atoms with Gasteiger partial charge in [-0.05, 0) is 129 Å². The van der Waals surface area contributed by atoms with Gasteiger partial charge < -0.3 is 20.1 Å². The molecule has 0 heterocycles. The monoisotopic (exact) mass is 709 g/mol. The van der Waals surface area contributed by atoms with Gasteiger partial charge in [-0.3, -0.25) is 19.2 Å². The van der Waals surface area contributed by atoms with Crippen molar-refractivity contribution in [2.24, 2.45) is 68.0 Å². The molecule has 6 fully saturated rings. The Morgan fingerprint density at radius 2 is 1.49 bits per heavy atom. The van der Waals surface area contributed by atoms with Gasteiger partial charge in [-0.2, -0.15) is 0 Å². The first-order chi connectivity index (χ1) is 23.7. The second-order valence-electron chi connectivity index (χ2n) is 20.1. The van der Waals surface area contributed by atoms with Gasteiger partial charge in [-0.1, -0.05) is 60.6 Å². The van der Waals surface area contributed by atoms with Crippen molar-refractivity contribution in [3.8, 4) is 0 Å². The maximum atomic E-state index is 14.8. The Morgan fingerprint density at radius 3 is 2.12 bits per heavy atom. The van der Waals surface area contributed by atoms with Gasteiger partial charge in [0.05, 0.1) is 18.9 Å². The van der Waals surface area contributed by atoms with Gasteiger partial charge in [-0.25, -0.2) is 0 Å². The quantitative estimate of drug-likeness (QED) is 0.197. The number of carbonyl (C=O) groups excluding carboxylic acids is 4. The molecule has 6 aliphatic rings. The number of esters is 2. The number of fused-ring (bicyclic) bond motifs is 7. The minimum Gasteiger partial charge on any atom is -0.469 e. The predicted octanol–water partition coefficient (Wildman–Crippen LogP) is 7.79. The van der Waals surface area contributed by atoms with Crippen LogP contribution in [0.25, 0.3) is 0 Å². The normalized spacial score (nSPS) is 44.6. The number of amides is 2. The van der Waals surface area contributed by atoms with E-state index in [2.05, 4.69) is 72.6 Å². The van der Waals surface area contributed by atoms with Gasteiger partial charge in [-0.15, -0.1) is 0 Å². The highest BCUT2D eigenvalue weighted by Crippen LogP contribution is 2.77. The molecule has 12 atom stereocenters. The molecule has 0 aromatic heterocycles. The van der Waals surface area contributed by atoms with Crippen LogP contribution in [-0.2, 0) is 28.7 Å². The van der Waals surface area contributed by atoms with Crippen molar-refractivity contribution in [1.82, 2.24) is 10.6 Å². The van der Waals surface area contributed by atoms with Gasteiger partial charge in [0.1, 0.15) is 6.10 Å². The zero-order valence-electron chi connectivity index (χ0n) is 33.5. The lowest BCUT2D eigenvalue weighted by Gasteiger charge is -2.73. The summed E-state index contributed by atoms with van der Waals surface area (Å²) in [6, 6.07) is -0.0671. The van der Waals surface area contributed by atoms with Crippen LogP contribution < -0.4 is 10.6 Å². The van der Waals surface area contributed by atoms with E-state index in [1.807, 2.05) is 0 Å². The Labute approximate surface area is 307 Å². The number of allylic oxidation sites excluding steroid dienone is 1. The fourth-order valence-electron chi connectivity index (χ4n) is 14.4. The van der Waals surface area contributed by atoms with Crippen LogP contribution in [0.4, 0.5) is 0 Å². The summed E-state index contributed by atoms with van der Waals surface area (Å²) >= 11 is 0. The summed E-state index contributed by atoms with van der Waals surface area (Å²) in [4.78, 5) is 51.6. The maximum Gasteiger partial charge on any atom is 0.307 e. The number of carbonyl (C=O) groups is 4. The van der Waals surface area contributed by atoms with Crippen molar-refractivity contribution in [2.45, 2.75) is 152 Å². The van der Waals surface area contributed by atoms with Crippen LogP contribution in [0.3, 0.4) is 0 Å². The molecular formula is C43H68N2O6. The first-order valence-electron chi connectivity index (χ1n) is 20.2. The predicted molar refractivity (Wildman–Crippen MR) is 198 cm³/mol. The largest absolute Gasteiger partial charge is 0.469 e. The SMILES string of the molecule is C=C(C)[C@@H]1CC[C@]2(C(=O)N[C@@H]3C[C@H](C(=O)NCCC(=O)OC)C3(C)C)CC[C@]3(C)[C@H](CC[C@@H]4[C@@]5(C)CC[C@H](OC(C)=O)C(C)(C)[C@@H]5CC[C@]43C)[C@@H]12. The average molecular weight is 709 g/mol. The molecule has 8 nitrogen and oxygen atoms in total. The molecule has 6 saturated carbocycles. The highest BCUT2D eigenvalue weighted by Gasteiger charge is 2.72. The molecule has 0 aromatic rings. The molecule has 0 bridgehead atoms. The van der Waals surface area contributed by atoms with E-state index >= 15 is 0 Å². The van der Waals surface area contributed by atoms with Crippen LogP contribution in [0.1, 0.15) is 139 Å². The van der Waals surface area contributed by atoms with Gasteiger partial charge >= 0.3 is 11.9 Å². The lowest BCUT2D eigenvalue weighted by molar-refractivity contribution is -0.249. The van der Waals surface area contributed by atoms with Crippen molar-refractivity contribution in [3.63, 3.8) is 0 Å². The maximum absolute atomic E-state index is 14.8. The van der Waals surface area contributed by atoms with Crippen molar-refractivity contribution >= 4 is 23.8 Å². The Morgan fingerprint density at radius 1 is 0.784 bits per heavy atom. The summed E-state index contributed by atoms with van der Waals surface area (Å²) in [5.74, 6) is 1.60. The zero-order chi connectivity index (χ0) is 37.5. The van der Waals surface area contributed by atoms with Gasteiger partial charge in [0.2, 0.25) is 11.8 Å². The van der Waals surface area contributed by atoms with E-state index < -0.39 is 5.41 Å². The molecule has 2 N–H and O–H groups in total. The number of ether oxygens (including phenoxy) is 2. The second kappa shape index (κ2) is 12.9. The Bertz CT molecular complexity index is 1450. The first-order valence-corrected chi connectivity index (χ1v) is 20.2. The van der Waals surface area contributed by atoms with Crippen LogP contribution in [0.5, 0.6) is 0 Å². The molecule has 0 saturated heterocycles. The molecule has 0 unspecified atom stereocenters. The standard InChI is InChI=1S/C43H68N2O6/c1-25(2)27-14-20-43(37(49)45-32-24-29(38(32,4)5)36(48)44-23-17-34(47)50-11)22-21-41(9)28(35(27)43)12-13-31-40(8)18-16-33(51-26(3)46)39(6,7)30(40)15-19-42(31,41)10/h27-33,35H,1,12-24H2,2-11H3,(H,44,48)(H,45,49)/t27-,28+,29+,30-,31+,32+,33-,35+,40-,41+,42+,43-/m0/s1. The lowest BCUT2D eigenvalue weighted by atomic mass is 9.32. The molecule has 51 heavy (non-hydrogen) atoms. The number of hydrogen-bond donors (Lipinski definition) is 2. The summed E-state index contributed by atoms with van der Waals surface area (Å²) < 4.78 is 10.7. The molecule has 0 aromatic carbocycles. The van der Waals surface area contributed by atoms with Crippen molar-refractivity contribution < 1.29 is 28.7 Å². The topological polar surface area (TPSA) is 111 Å². The third-order valence-electron chi connectivity index (χ3n) is 17.5. The van der Waals surface area contributed by atoms with Crippen molar-refractivity contribution in [1.29, 1.82) is 0 Å². The van der Waals surface area contributed by atoms with E-state index in [0.717, 1.165) is 51.4 Å². The van der Waals surface area contributed by atoms with E-state index in [0.29, 0.717) is 30.1 Å². The molecule has 6 rings (SSSR count). The summed E-state index contributed by atoms with van der Waals surface area (Å²) in [5.41, 5.74) is 0.846. The summed E-state index contributed by atoms with van der Waals surface area (Å²) in [6.07, 6.45) is 11.4. The lowest BCUT2D eigenvalue weighted by Crippen LogP contribution is -2.68. The van der Waals surface area contributed by atoms with Gasteiger partial charge in [0, 0.05) is 30.8 Å². The number of hydrogen-bond acceptors (Lipinski definition) is 6. The van der Waals surface area contributed by atoms with E-state index in [1.165, 1.54) is 25.5 Å². The smallest absolute Gasteiger partial charge is 0.307 e. The van der Waals surface area contributed by atoms with Crippen molar-refractivity contribution in [2.75, 3.05) is 13.7 Å². The van der Waals surface area contributed by atoms with E-state index in [-0.39, 0.29) is 87.8 Å². The summed E-state index contributed by atoms with van der Waals surface area (Å²) in [6.45, 7) is 25.2. The molecule has 0 spiro atoms. The van der Waals surface area contributed by atoms with Crippen LogP contribution >= 0.6 is 0 Å². The minimum absolute atomic E-state index is 0.0233. The van der Waals surface area contributed by atoms with E-state index in [9.17, 15) is 19.2 Å². The summed E-state index contributed by atoms with van der Waals surface area (Å²) in [5, 5.41) is 6.46. The number of methoxy groups -OCH3 is 1. The molecule has 0 radical (unpaired) electrons. The first kappa shape index (κ1) is 38.3. The fraction of sp³-hybridized carbons (Fsp3) is 0.860. The van der Waals surface area contributed by atoms with Crippen molar-refractivity contribution in [3.05, 3.63) is 12.2 Å². The second-order valence-corrected chi connectivity index (χ2v) is 20.1. The van der Waals surface area contributed by atoms with Gasteiger partial charge in [0.25, 0.3) is 0 Å². The summed E-state index contributed by atoms with van der Waals surface area (Å²) in [7, 11) is 1.35. The number of nitrogens with one attached hydrogen (secondary N) is 2. The Kier molecular flexibility index (Phi) is 9.69. The van der Waals surface area contributed by atoms with E-state index in [4.69, 9.17) is 9.47 Å². The third-order valence-corrected chi connectivity index (χ3v) is 17.5. The minimum atomic E-state index is -0.411. The molecule has 0 aliphatic heterocycles. The van der Waals surface area contributed by atoms with Crippen LogP contribution in [0.2, 0.25) is 0 Å². The molecule has 2 amide bonds. The molecule has 286 valence electrons. The highest BCUT2D eigenvalue weighted by atomic mass is 16.5. The Balaban J connectivity index is 1.22. The molecule has 6 aliphatic carbocycles. The number of rotatable bonds is 8. The van der Waals surface area contributed by atoms with Crippen LogP contribution in [-0.4, -0.2) is 49.6 Å². The van der Waals surface area contributed by atoms with Crippen LogP contribution in [0.15, 0.2) is 12.2 Å². The van der Waals surface area contributed by atoms with E-state index in [1.54, 1.807) is 6.92 Å². The fourth-order valence-corrected chi connectivity index (χ4v) is 14.4. The average Bonchev–Trinajstić information content (AvgIpc) is 3.45. The zero-order valence-corrected chi connectivity index (χ0v) is 33.5. The van der Waals surface area contributed by atoms with Gasteiger partial charge in [0.15, 0.2) is 0 Å². The highest BCUT2D eigenvalue weighted by molar-refractivity contribution is 5.86. The third kappa shape index (κ3) is 5.63. The van der Waals surface area contributed by atoms with Crippen LogP contribution in [0, 0.1) is 68.0 Å². The molecule has 8 heteroatoms. The molecular weight excluding hydrogens is 640 g/mol.